The molecule has 0 saturated carbocycles. The van der Waals surface area contributed by atoms with Crippen molar-refractivity contribution in [3.05, 3.63) is 35.6 Å². The Bertz CT molecular complexity index is 733. The number of likely N-dealkylation sites (tertiary alicyclic amines) is 1. The summed E-state index contributed by atoms with van der Waals surface area (Å²) in [6.45, 7) is 2.96. The second-order valence-electron chi connectivity index (χ2n) is 7.30. The molecule has 7 nitrogen and oxygen atoms in total. The van der Waals surface area contributed by atoms with E-state index in [1.807, 2.05) is 6.92 Å². The van der Waals surface area contributed by atoms with Gasteiger partial charge in [-0.2, -0.15) is 0 Å². The first-order valence-corrected chi connectivity index (χ1v) is 9.58. The summed E-state index contributed by atoms with van der Waals surface area (Å²) >= 11 is 0. The van der Waals surface area contributed by atoms with Gasteiger partial charge in [-0.25, -0.2) is 4.39 Å². The van der Waals surface area contributed by atoms with Crippen molar-refractivity contribution in [3.63, 3.8) is 0 Å². The molecule has 2 fully saturated rings. The third-order valence-corrected chi connectivity index (χ3v) is 5.31. The van der Waals surface area contributed by atoms with Crippen molar-refractivity contribution in [3.8, 4) is 0 Å². The topological polar surface area (TPSA) is 87.2 Å². The minimum atomic E-state index is -0.905. The maximum Gasteiger partial charge on any atom is 0.310 e. The molecule has 2 aliphatic rings. The lowest BCUT2D eigenvalue weighted by atomic mass is 9.97. The van der Waals surface area contributed by atoms with E-state index in [0.717, 1.165) is 12.0 Å². The van der Waals surface area contributed by atoms with Crippen molar-refractivity contribution in [2.24, 2.45) is 5.92 Å². The minimum Gasteiger partial charge on any atom is -0.481 e. The van der Waals surface area contributed by atoms with E-state index in [4.69, 9.17) is 9.84 Å². The average Bonchev–Trinajstić information content (AvgIpc) is 2.62. The summed E-state index contributed by atoms with van der Waals surface area (Å²) in [5, 5.41) is 9.02. The molecular formula is C20H25FN2O5. The zero-order chi connectivity index (χ0) is 20.3. The smallest absolute Gasteiger partial charge is 0.310 e. The maximum atomic E-state index is 13.1. The SMILES string of the molecule is CCCC(C(=O)N1CC(C(=O)O)C1)N1CCOC(Cc2ccc(F)cc2)C1=O. The second-order valence-corrected chi connectivity index (χ2v) is 7.30. The summed E-state index contributed by atoms with van der Waals surface area (Å²) in [6, 6.07) is 5.31. The lowest BCUT2D eigenvalue weighted by molar-refractivity contribution is -0.166. The molecule has 1 N–H and O–H groups in total. The Hall–Kier alpha value is -2.48. The van der Waals surface area contributed by atoms with Gasteiger partial charge >= 0.3 is 5.97 Å². The van der Waals surface area contributed by atoms with E-state index in [-0.39, 0.29) is 30.7 Å². The van der Waals surface area contributed by atoms with Crippen LogP contribution in [-0.4, -0.2) is 71.1 Å². The Morgan fingerprint density at radius 1 is 1.29 bits per heavy atom. The molecule has 2 heterocycles. The summed E-state index contributed by atoms with van der Waals surface area (Å²) < 4.78 is 18.7. The molecule has 0 aliphatic carbocycles. The zero-order valence-electron chi connectivity index (χ0n) is 15.8. The van der Waals surface area contributed by atoms with Crippen LogP contribution in [0.3, 0.4) is 0 Å². The Labute approximate surface area is 163 Å². The van der Waals surface area contributed by atoms with Gasteiger partial charge in [0.15, 0.2) is 0 Å². The number of nitrogens with zero attached hydrogens (tertiary/aromatic N) is 2. The molecule has 1 aromatic carbocycles. The molecule has 2 amide bonds. The summed E-state index contributed by atoms with van der Waals surface area (Å²) in [7, 11) is 0. The molecule has 2 saturated heterocycles. The van der Waals surface area contributed by atoms with Gasteiger partial charge in [0.25, 0.3) is 5.91 Å². The van der Waals surface area contributed by atoms with Gasteiger partial charge in [-0.05, 0) is 24.1 Å². The maximum absolute atomic E-state index is 13.1. The molecule has 1 aromatic rings. The Morgan fingerprint density at radius 3 is 2.57 bits per heavy atom. The fraction of sp³-hybridized carbons (Fsp3) is 0.550. The largest absolute Gasteiger partial charge is 0.481 e. The molecule has 152 valence electrons. The summed E-state index contributed by atoms with van der Waals surface area (Å²) in [5.74, 6) is -2.23. The van der Waals surface area contributed by atoms with Gasteiger partial charge in [0.05, 0.1) is 12.5 Å². The summed E-state index contributed by atoms with van der Waals surface area (Å²) in [4.78, 5) is 39.9. The van der Waals surface area contributed by atoms with E-state index >= 15 is 0 Å². The third kappa shape index (κ3) is 4.32. The van der Waals surface area contributed by atoms with Crippen LogP contribution in [0.4, 0.5) is 4.39 Å². The van der Waals surface area contributed by atoms with Gasteiger partial charge < -0.3 is 19.6 Å². The van der Waals surface area contributed by atoms with Crippen molar-refractivity contribution in [1.29, 1.82) is 0 Å². The molecule has 2 unspecified atom stereocenters. The second kappa shape index (κ2) is 8.68. The summed E-state index contributed by atoms with van der Waals surface area (Å²) in [5.41, 5.74) is 0.784. The quantitative estimate of drug-likeness (QED) is 0.756. The van der Waals surface area contributed by atoms with Crippen molar-refractivity contribution in [2.75, 3.05) is 26.2 Å². The van der Waals surface area contributed by atoms with Crippen LogP contribution < -0.4 is 0 Å². The number of carbonyl (C=O) groups is 3. The van der Waals surface area contributed by atoms with Gasteiger partial charge in [-0.15, -0.1) is 0 Å². The molecule has 2 aliphatic heterocycles. The molecule has 2 atom stereocenters. The number of carbonyl (C=O) groups excluding carboxylic acids is 2. The van der Waals surface area contributed by atoms with Crippen LogP contribution >= 0.6 is 0 Å². The van der Waals surface area contributed by atoms with E-state index in [1.54, 1.807) is 17.0 Å². The average molecular weight is 392 g/mol. The van der Waals surface area contributed by atoms with Crippen LogP contribution in [-0.2, 0) is 25.5 Å². The Kier molecular flexibility index (Phi) is 6.28. The van der Waals surface area contributed by atoms with Crippen molar-refractivity contribution in [1.82, 2.24) is 9.80 Å². The normalized spacial score (nSPS) is 21.4. The number of morpholine rings is 1. The number of aliphatic carboxylic acids is 1. The van der Waals surface area contributed by atoms with Gasteiger partial charge in [0.2, 0.25) is 5.91 Å². The number of carboxylic acid groups (broad SMARTS) is 1. The van der Waals surface area contributed by atoms with Crippen LogP contribution in [0.2, 0.25) is 0 Å². The molecule has 0 spiro atoms. The van der Waals surface area contributed by atoms with Crippen molar-refractivity contribution >= 4 is 17.8 Å². The van der Waals surface area contributed by atoms with E-state index in [1.165, 1.54) is 17.0 Å². The molecular weight excluding hydrogens is 367 g/mol. The first-order valence-electron chi connectivity index (χ1n) is 9.58. The minimum absolute atomic E-state index is 0.186. The molecule has 8 heteroatoms. The molecule has 3 rings (SSSR count). The van der Waals surface area contributed by atoms with E-state index in [2.05, 4.69) is 0 Å². The number of rotatable bonds is 7. The Morgan fingerprint density at radius 2 is 1.96 bits per heavy atom. The lowest BCUT2D eigenvalue weighted by Gasteiger charge is -2.43. The highest BCUT2D eigenvalue weighted by atomic mass is 19.1. The number of halogens is 1. The number of carboxylic acids is 1. The number of ether oxygens (including phenoxy) is 1. The van der Waals surface area contributed by atoms with Crippen LogP contribution in [0.1, 0.15) is 25.3 Å². The van der Waals surface area contributed by atoms with Gasteiger partial charge in [-0.3, -0.25) is 14.4 Å². The van der Waals surface area contributed by atoms with Crippen molar-refractivity contribution in [2.45, 2.75) is 38.3 Å². The first-order chi connectivity index (χ1) is 13.4. The van der Waals surface area contributed by atoms with Crippen LogP contribution in [0.25, 0.3) is 0 Å². The van der Waals surface area contributed by atoms with Crippen LogP contribution in [0, 0.1) is 11.7 Å². The summed E-state index contributed by atoms with van der Waals surface area (Å²) in [6.07, 6.45) is 0.838. The lowest BCUT2D eigenvalue weighted by Crippen LogP contribution is -2.62. The van der Waals surface area contributed by atoms with Gasteiger partial charge in [-0.1, -0.05) is 25.5 Å². The fourth-order valence-electron chi connectivity index (χ4n) is 3.66. The number of benzene rings is 1. The highest BCUT2D eigenvalue weighted by Gasteiger charge is 2.42. The highest BCUT2D eigenvalue weighted by Crippen LogP contribution is 2.23. The van der Waals surface area contributed by atoms with E-state index in [0.29, 0.717) is 26.0 Å². The standard InChI is InChI=1S/C20H25FN2O5/c1-2-3-16(18(24)22-11-14(12-22)20(26)27)23-8-9-28-17(19(23)25)10-13-4-6-15(21)7-5-13/h4-7,14,16-17H,2-3,8-12H2,1H3,(H,26,27). The zero-order valence-corrected chi connectivity index (χ0v) is 15.8. The predicted octanol–water partition coefficient (Wildman–Crippen LogP) is 1.31. The predicted molar refractivity (Wildman–Crippen MR) is 98.0 cm³/mol. The highest BCUT2D eigenvalue weighted by molar-refractivity contribution is 5.91. The van der Waals surface area contributed by atoms with Crippen LogP contribution in [0.5, 0.6) is 0 Å². The van der Waals surface area contributed by atoms with E-state index < -0.39 is 24.0 Å². The first kappa shape index (κ1) is 20.3. The number of amides is 2. The molecule has 0 bridgehead atoms. The third-order valence-electron chi connectivity index (χ3n) is 5.31. The number of hydrogen-bond acceptors (Lipinski definition) is 4. The van der Waals surface area contributed by atoms with Crippen molar-refractivity contribution < 1.29 is 28.6 Å². The molecule has 0 aromatic heterocycles. The fourth-order valence-corrected chi connectivity index (χ4v) is 3.66. The van der Waals surface area contributed by atoms with Gasteiger partial charge in [0, 0.05) is 26.1 Å². The Balaban J connectivity index is 1.68. The van der Waals surface area contributed by atoms with Gasteiger partial charge in [0.1, 0.15) is 18.0 Å². The molecule has 28 heavy (non-hydrogen) atoms. The van der Waals surface area contributed by atoms with Crippen LogP contribution in [0.15, 0.2) is 24.3 Å². The van der Waals surface area contributed by atoms with E-state index in [9.17, 15) is 18.8 Å². The number of hydrogen-bond donors (Lipinski definition) is 1. The molecule has 0 radical (unpaired) electrons. The monoisotopic (exact) mass is 392 g/mol.